The fraction of sp³-hybridized carbons (Fsp3) is 0.500. The molecular weight excluding hydrogens is 315 g/mol. The van der Waals surface area contributed by atoms with E-state index < -0.39 is 23.5 Å². The lowest BCUT2D eigenvalue weighted by Crippen LogP contribution is -2.47. The number of hydrogen-bond donors (Lipinski definition) is 3. The van der Waals surface area contributed by atoms with Crippen LogP contribution in [0.4, 0.5) is 9.18 Å². The third-order valence-corrected chi connectivity index (χ3v) is 5.00. The van der Waals surface area contributed by atoms with Gasteiger partial charge in [0.1, 0.15) is 5.82 Å². The van der Waals surface area contributed by atoms with Crippen molar-refractivity contribution in [2.75, 3.05) is 18.1 Å². The highest BCUT2D eigenvalue weighted by Gasteiger charge is 2.32. The Balaban J connectivity index is 1.90. The van der Waals surface area contributed by atoms with Gasteiger partial charge in [0, 0.05) is 22.9 Å². The van der Waals surface area contributed by atoms with Crippen molar-refractivity contribution < 1.29 is 14.3 Å². The van der Waals surface area contributed by atoms with Crippen LogP contribution in [0.25, 0.3) is 0 Å². The van der Waals surface area contributed by atoms with Crippen LogP contribution in [0.3, 0.4) is 0 Å². The first-order valence-electron chi connectivity index (χ1n) is 6.70. The molecule has 1 aromatic carbocycles. The smallest absolute Gasteiger partial charge is 0.315 e. The molecule has 0 saturated carbocycles. The van der Waals surface area contributed by atoms with Crippen LogP contribution < -0.4 is 10.6 Å². The second-order valence-corrected chi connectivity index (χ2v) is 6.72. The van der Waals surface area contributed by atoms with Crippen LogP contribution in [0.15, 0.2) is 18.2 Å². The Labute approximate surface area is 132 Å². The summed E-state index contributed by atoms with van der Waals surface area (Å²) in [6.45, 7) is 1.84. The van der Waals surface area contributed by atoms with Crippen molar-refractivity contribution in [2.24, 2.45) is 0 Å². The molecular formula is C14H18ClFN2O2S. The molecule has 1 aliphatic heterocycles. The topological polar surface area (TPSA) is 61.4 Å². The van der Waals surface area contributed by atoms with E-state index in [4.69, 9.17) is 11.6 Å². The van der Waals surface area contributed by atoms with Crippen molar-refractivity contribution in [1.82, 2.24) is 10.6 Å². The largest absolute Gasteiger partial charge is 0.387 e. The van der Waals surface area contributed by atoms with Crippen molar-refractivity contribution in [3.63, 3.8) is 0 Å². The third-order valence-electron chi connectivity index (χ3n) is 3.44. The average molecular weight is 333 g/mol. The van der Waals surface area contributed by atoms with Crippen LogP contribution in [0, 0.1) is 5.82 Å². The molecule has 1 fully saturated rings. The van der Waals surface area contributed by atoms with E-state index in [0.717, 1.165) is 5.75 Å². The zero-order valence-corrected chi connectivity index (χ0v) is 13.2. The zero-order chi connectivity index (χ0) is 15.5. The minimum Gasteiger partial charge on any atom is -0.387 e. The Hall–Kier alpha value is -0.980. The molecule has 1 saturated heterocycles. The first-order chi connectivity index (χ1) is 9.91. The highest BCUT2D eigenvalue weighted by Crippen LogP contribution is 2.27. The third kappa shape index (κ3) is 4.25. The minimum absolute atomic E-state index is 0.184. The van der Waals surface area contributed by atoms with Crippen molar-refractivity contribution in [1.29, 1.82) is 0 Å². The van der Waals surface area contributed by atoms with Crippen LogP contribution >= 0.6 is 23.4 Å². The summed E-state index contributed by atoms with van der Waals surface area (Å²) in [4.78, 5) is 11.8. The zero-order valence-electron chi connectivity index (χ0n) is 11.7. The molecule has 2 rings (SSSR count). The van der Waals surface area contributed by atoms with E-state index in [-0.39, 0.29) is 17.1 Å². The van der Waals surface area contributed by atoms with Gasteiger partial charge in [-0.05, 0) is 31.2 Å². The van der Waals surface area contributed by atoms with Gasteiger partial charge in [0.05, 0.1) is 11.6 Å². The molecule has 4 nitrogen and oxygen atoms in total. The molecule has 0 aliphatic carbocycles. The summed E-state index contributed by atoms with van der Waals surface area (Å²) in [5.41, 5.74) is -0.592. The Morgan fingerprint density at radius 3 is 3.00 bits per heavy atom. The number of urea groups is 1. The van der Waals surface area contributed by atoms with Gasteiger partial charge >= 0.3 is 6.03 Å². The Bertz CT molecular complexity index is 503. The highest BCUT2D eigenvalue weighted by atomic mass is 35.5. The number of halogens is 2. The fourth-order valence-corrected chi connectivity index (χ4v) is 3.85. The molecule has 1 aliphatic rings. The molecule has 21 heavy (non-hydrogen) atoms. The van der Waals surface area contributed by atoms with Gasteiger partial charge in [0.25, 0.3) is 0 Å². The minimum atomic E-state index is -0.846. The van der Waals surface area contributed by atoms with E-state index >= 15 is 0 Å². The number of thioether (sulfide) groups is 1. The second kappa shape index (κ2) is 6.85. The van der Waals surface area contributed by atoms with Crippen molar-refractivity contribution >= 4 is 29.4 Å². The number of nitrogens with one attached hydrogen (secondary N) is 2. The first kappa shape index (κ1) is 16.4. The normalized spacial score (nSPS) is 22.9. The van der Waals surface area contributed by atoms with Gasteiger partial charge < -0.3 is 15.7 Å². The van der Waals surface area contributed by atoms with Gasteiger partial charge in [-0.2, -0.15) is 11.8 Å². The number of amides is 2. The number of carbonyl (C=O) groups excluding carboxylic acids is 1. The van der Waals surface area contributed by atoms with Crippen LogP contribution in [0.1, 0.15) is 24.9 Å². The van der Waals surface area contributed by atoms with Gasteiger partial charge in [0.15, 0.2) is 0 Å². The summed E-state index contributed by atoms with van der Waals surface area (Å²) < 4.78 is 13.7. The predicted molar refractivity (Wildman–Crippen MR) is 83.3 cm³/mol. The molecule has 2 unspecified atom stereocenters. The van der Waals surface area contributed by atoms with Crippen LogP contribution in [-0.2, 0) is 0 Å². The quantitative estimate of drug-likeness (QED) is 0.794. The van der Waals surface area contributed by atoms with E-state index in [9.17, 15) is 14.3 Å². The number of rotatable bonds is 4. The highest BCUT2D eigenvalue weighted by molar-refractivity contribution is 7.99. The number of hydrogen-bond acceptors (Lipinski definition) is 3. The molecule has 1 heterocycles. The van der Waals surface area contributed by atoms with Crippen molar-refractivity contribution in [2.45, 2.75) is 25.0 Å². The van der Waals surface area contributed by atoms with Crippen LogP contribution in [0.2, 0.25) is 5.02 Å². The molecule has 0 bridgehead atoms. The maximum absolute atomic E-state index is 13.7. The summed E-state index contributed by atoms with van der Waals surface area (Å²) in [6, 6.07) is 3.38. The van der Waals surface area contributed by atoms with Gasteiger partial charge in [0.2, 0.25) is 0 Å². The molecule has 0 spiro atoms. The van der Waals surface area contributed by atoms with E-state index in [1.807, 2.05) is 0 Å². The number of benzene rings is 1. The Morgan fingerprint density at radius 1 is 1.62 bits per heavy atom. The second-order valence-electron chi connectivity index (χ2n) is 5.21. The summed E-state index contributed by atoms with van der Waals surface area (Å²) in [6.07, 6.45) is 0.659. The lowest BCUT2D eigenvalue weighted by Gasteiger charge is -2.23. The Morgan fingerprint density at radius 2 is 2.38 bits per heavy atom. The first-order valence-corrected chi connectivity index (χ1v) is 8.23. The SMILES string of the molecule is CC(NC(=O)NCC1(O)CCSC1)c1c(F)cccc1Cl. The van der Waals surface area contributed by atoms with E-state index in [2.05, 4.69) is 10.6 Å². The van der Waals surface area contributed by atoms with Gasteiger partial charge in [-0.1, -0.05) is 17.7 Å². The maximum atomic E-state index is 13.7. The lowest BCUT2D eigenvalue weighted by molar-refractivity contribution is 0.0699. The van der Waals surface area contributed by atoms with Crippen LogP contribution in [0.5, 0.6) is 0 Å². The van der Waals surface area contributed by atoms with Gasteiger partial charge in [-0.3, -0.25) is 0 Å². The standard InChI is InChI=1S/C14H18ClFN2O2S/c1-9(12-10(15)3-2-4-11(12)16)18-13(19)17-7-14(20)5-6-21-8-14/h2-4,9,20H,5-8H2,1H3,(H2,17,18,19). The summed E-state index contributed by atoms with van der Waals surface area (Å²) in [5.74, 6) is 1.05. The number of carbonyl (C=O) groups is 1. The lowest BCUT2D eigenvalue weighted by atomic mass is 10.0. The predicted octanol–water partition coefficient (Wildman–Crippen LogP) is 2.71. The molecule has 2 amide bonds. The monoisotopic (exact) mass is 332 g/mol. The summed E-state index contributed by atoms with van der Waals surface area (Å²) in [7, 11) is 0. The van der Waals surface area contributed by atoms with E-state index in [0.29, 0.717) is 12.2 Å². The van der Waals surface area contributed by atoms with E-state index in [1.54, 1.807) is 24.8 Å². The molecule has 7 heteroatoms. The van der Waals surface area contributed by atoms with Crippen LogP contribution in [-0.4, -0.2) is 34.8 Å². The van der Waals surface area contributed by atoms with Crippen molar-refractivity contribution in [3.05, 3.63) is 34.6 Å². The number of aliphatic hydroxyl groups is 1. The van der Waals surface area contributed by atoms with Gasteiger partial charge in [-0.25, -0.2) is 9.18 Å². The Kier molecular flexibility index (Phi) is 5.35. The summed E-state index contributed by atoms with van der Waals surface area (Å²) >= 11 is 7.61. The average Bonchev–Trinajstić information content (AvgIpc) is 2.84. The summed E-state index contributed by atoms with van der Waals surface area (Å²) in [5, 5.41) is 15.7. The maximum Gasteiger partial charge on any atom is 0.315 e. The van der Waals surface area contributed by atoms with Gasteiger partial charge in [-0.15, -0.1) is 0 Å². The molecule has 0 aromatic heterocycles. The molecule has 0 radical (unpaired) electrons. The molecule has 116 valence electrons. The fourth-order valence-electron chi connectivity index (χ4n) is 2.22. The molecule has 2 atom stereocenters. The molecule has 1 aromatic rings. The van der Waals surface area contributed by atoms with E-state index in [1.165, 1.54) is 12.1 Å². The molecule has 3 N–H and O–H groups in total. The van der Waals surface area contributed by atoms with Crippen molar-refractivity contribution in [3.8, 4) is 0 Å².